The Bertz CT molecular complexity index is 353. The summed E-state index contributed by atoms with van der Waals surface area (Å²) >= 11 is -2.19. The van der Waals surface area contributed by atoms with Gasteiger partial charge in [0.25, 0.3) is 0 Å². The van der Waals surface area contributed by atoms with E-state index in [2.05, 4.69) is 5.32 Å². The molecule has 0 radical (unpaired) electrons. The van der Waals surface area contributed by atoms with Gasteiger partial charge in [-0.25, -0.2) is 0 Å². The molecule has 0 fully saturated rings. The molecule has 1 N–H and O–H groups in total. The quantitative estimate of drug-likeness (QED) is 0.467. The van der Waals surface area contributed by atoms with Gasteiger partial charge in [0, 0.05) is 18.4 Å². The molecule has 0 aliphatic rings. The predicted octanol–water partition coefficient (Wildman–Crippen LogP) is -2.44. The molecule has 0 saturated heterocycles. The molecule has 0 spiro atoms. The molecule has 1 rings (SSSR count). The summed E-state index contributed by atoms with van der Waals surface area (Å²) in [6, 6.07) is 6.34. The second-order valence-electron chi connectivity index (χ2n) is 2.79. The third-order valence-electron chi connectivity index (χ3n) is 1.66. The summed E-state index contributed by atoms with van der Waals surface area (Å²) in [6.45, 7) is 1.85. The van der Waals surface area contributed by atoms with Crippen LogP contribution in [0, 0.1) is 0 Å². The van der Waals surface area contributed by atoms with Crippen molar-refractivity contribution >= 4 is 17.0 Å². The first-order chi connectivity index (χ1) is 6.59. The van der Waals surface area contributed by atoms with E-state index in [4.69, 9.17) is 0 Å². The number of carbonyl (C=O) groups excluding carboxylic acids is 1. The van der Waals surface area contributed by atoms with Crippen molar-refractivity contribution < 1.29 is 43.1 Å². The average molecular weight is 235 g/mol. The molecule has 1 atom stereocenters. The van der Waals surface area contributed by atoms with Gasteiger partial charge < -0.3 is 9.87 Å². The summed E-state index contributed by atoms with van der Waals surface area (Å²) in [7, 11) is 0. The fourth-order valence-corrected chi connectivity index (χ4v) is 1.30. The van der Waals surface area contributed by atoms with Gasteiger partial charge in [-0.3, -0.25) is 9.00 Å². The Labute approximate surface area is 113 Å². The van der Waals surface area contributed by atoms with Crippen molar-refractivity contribution in [1.29, 1.82) is 0 Å². The molecule has 0 aliphatic carbocycles. The molecule has 1 aromatic rings. The normalized spacial score (nSPS) is 11.3. The van der Waals surface area contributed by atoms with E-state index in [0.717, 1.165) is 5.56 Å². The first-order valence-corrected chi connectivity index (χ1v) is 5.09. The molecule has 4 nitrogen and oxygen atoms in total. The van der Waals surface area contributed by atoms with Gasteiger partial charge in [-0.2, -0.15) is 0 Å². The molecule has 6 heteroatoms. The predicted molar refractivity (Wildman–Crippen MR) is 51.1 cm³/mol. The first-order valence-electron chi connectivity index (χ1n) is 4.02. The topological polar surface area (TPSA) is 69.2 Å². The van der Waals surface area contributed by atoms with Gasteiger partial charge in [0.05, 0.1) is 0 Å². The number of benzene rings is 1. The van der Waals surface area contributed by atoms with E-state index < -0.39 is 11.1 Å². The first kappa shape index (κ1) is 14.8. The third kappa shape index (κ3) is 5.44. The maximum atomic E-state index is 10.6. The molecule has 0 bridgehead atoms. The summed E-state index contributed by atoms with van der Waals surface area (Å²) in [4.78, 5) is 10.8. The van der Waals surface area contributed by atoms with Gasteiger partial charge in [-0.1, -0.05) is 12.1 Å². The van der Waals surface area contributed by atoms with Crippen molar-refractivity contribution in [3.05, 3.63) is 29.8 Å². The third-order valence-corrected chi connectivity index (χ3v) is 2.31. The molecule has 0 heterocycles. The van der Waals surface area contributed by atoms with Crippen LogP contribution in [0.1, 0.15) is 12.5 Å². The summed E-state index contributed by atoms with van der Waals surface area (Å²) in [5, 5.41) is 2.62. The minimum absolute atomic E-state index is 0. The summed E-state index contributed by atoms with van der Waals surface area (Å²) in [5.74, 6) is -0.110. The molecular weight excluding hydrogens is 225 g/mol. The average Bonchev–Trinajstić information content (AvgIpc) is 2.15. The zero-order chi connectivity index (χ0) is 10.6. The summed E-state index contributed by atoms with van der Waals surface area (Å²) in [5.41, 5.74) is 0.870. The van der Waals surface area contributed by atoms with Crippen LogP contribution in [0.15, 0.2) is 29.2 Å². The Balaban J connectivity index is 0.00000196. The maximum absolute atomic E-state index is 10.6. The van der Waals surface area contributed by atoms with E-state index in [1.165, 1.54) is 19.1 Å². The van der Waals surface area contributed by atoms with Crippen molar-refractivity contribution in [2.75, 3.05) is 0 Å². The van der Waals surface area contributed by atoms with Gasteiger partial charge in [0.15, 0.2) is 0 Å². The van der Waals surface area contributed by atoms with Crippen LogP contribution in [-0.4, -0.2) is 14.7 Å². The Morgan fingerprint density at radius 2 is 1.93 bits per heavy atom. The number of rotatable bonds is 3. The molecule has 1 unspecified atom stereocenters. The van der Waals surface area contributed by atoms with Gasteiger partial charge >= 0.3 is 29.6 Å². The Morgan fingerprint density at radius 3 is 2.33 bits per heavy atom. The molecule has 1 amide bonds. The molecule has 0 saturated carbocycles. The van der Waals surface area contributed by atoms with E-state index in [1.54, 1.807) is 12.1 Å². The van der Waals surface area contributed by atoms with Crippen LogP contribution in [-0.2, 0) is 22.4 Å². The van der Waals surface area contributed by atoms with E-state index >= 15 is 0 Å². The molecule has 76 valence electrons. The Morgan fingerprint density at radius 1 is 1.40 bits per heavy atom. The van der Waals surface area contributed by atoms with E-state index in [-0.39, 0.29) is 40.4 Å². The standard InChI is InChI=1S/C9H11NO3S.Na/c1-7(11)10-6-8-2-4-9(5-3-8)14(12)13;/h2-5H,6H2,1H3,(H,10,11)(H,12,13);/q;+1/p-1. The van der Waals surface area contributed by atoms with Crippen molar-refractivity contribution in [1.82, 2.24) is 5.32 Å². The van der Waals surface area contributed by atoms with Crippen LogP contribution in [0.2, 0.25) is 0 Å². The molecule has 0 aromatic heterocycles. The Hall–Kier alpha value is -0.200. The number of amides is 1. The van der Waals surface area contributed by atoms with Crippen LogP contribution in [0.25, 0.3) is 0 Å². The van der Waals surface area contributed by atoms with Crippen molar-refractivity contribution in [3.63, 3.8) is 0 Å². The van der Waals surface area contributed by atoms with E-state index in [1.807, 2.05) is 0 Å². The second kappa shape index (κ2) is 7.14. The number of nitrogens with one attached hydrogen (secondary N) is 1. The molecule has 1 aromatic carbocycles. The van der Waals surface area contributed by atoms with Gasteiger partial charge in [0.2, 0.25) is 5.91 Å². The zero-order valence-corrected chi connectivity index (χ0v) is 11.5. The maximum Gasteiger partial charge on any atom is 1.00 e. The largest absolute Gasteiger partial charge is 1.00 e. The number of hydrogen-bond acceptors (Lipinski definition) is 3. The van der Waals surface area contributed by atoms with Crippen LogP contribution in [0.5, 0.6) is 0 Å². The zero-order valence-electron chi connectivity index (χ0n) is 8.65. The summed E-state index contributed by atoms with van der Waals surface area (Å²) < 4.78 is 21.0. The van der Waals surface area contributed by atoms with Crippen LogP contribution >= 0.6 is 0 Å². The van der Waals surface area contributed by atoms with Gasteiger partial charge in [0.1, 0.15) is 0 Å². The van der Waals surface area contributed by atoms with Gasteiger partial charge in [-0.15, -0.1) is 0 Å². The van der Waals surface area contributed by atoms with Gasteiger partial charge in [-0.05, 0) is 28.8 Å². The Kier molecular flexibility index (Phi) is 7.04. The SMILES string of the molecule is CC(=O)NCc1ccc(S(=O)[O-])cc1.[Na+]. The smallest absolute Gasteiger partial charge is 0.768 e. The molecule has 0 aliphatic heterocycles. The van der Waals surface area contributed by atoms with Crippen LogP contribution in [0.4, 0.5) is 0 Å². The molecule has 15 heavy (non-hydrogen) atoms. The number of hydrogen-bond donors (Lipinski definition) is 1. The minimum Gasteiger partial charge on any atom is -0.768 e. The minimum atomic E-state index is -2.19. The van der Waals surface area contributed by atoms with Crippen LogP contribution < -0.4 is 34.9 Å². The van der Waals surface area contributed by atoms with Crippen molar-refractivity contribution in [2.24, 2.45) is 0 Å². The fraction of sp³-hybridized carbons (Fsp3) is 0.222. The molecular formula is C9H10NNaO3S. The second-order valence-corrected chi connectivity index (χ2v) is 3.73. The number of carbonyl (C=O) groups is 1. The summed E-state index contributed by atoms with van der Waals surface area (Å²) in [6.07, 6.45) is 0. The fourth-order valence-electron chi connectivity index (χ4n) is 0.945. The van der Waals surface area contributed by atoms with E-state index in [9.17, 15) is 13.6 Å². The van der Waals surface area contributed by atoms with Crippen molar-refractivity contribution in [3.8, 4) is 0 Å². The van der Waals surface area contributed by atoms with E-state index in [0.29, 0.717) is 6.54 Å². The monoisotopic (exact) mass is 235 g/mol. The van der Waals surface area contributed by atoms with Crippen LogP contribution in [0.3, 0.4) is 0 Å². The van der Waals surface area contributed by atoms with Crippen molar-refractivity contribution in [2.45, 2.75) is 18.4 Å².